The van der Waals surface area contributed by atoms with E-state index in [-0.39, 0.29) is 76.5 Å². The summed E-state index contributed by atoms with van der Waals surface area (Å²) in [5.74, 6) is -1.24. The van der Waals surface area contributed by atoms with E-state index in [1.165, 1.54) is 24.3 Å². The lowest BCUT2D eigenvalue weighted by Gasteiger charge is -2.42. The zero-order valence-electron chi connectivity index (χ0n) is 29.9. The summed E-state index contributed by atoms with van der Waals surface area (Å²) in [6, 6.07) is 5.39. The average Bonchev–Trinajstić information content (AvgIpc) is 3.26. The summed E-state index contributed by atoms with van der Waals surface area (Å²) in [4.78, 5) is 15.9. The number of alkyl halides is 2. The number of aromatic nitrogens is 4. The van der Waals surface area contributed by atoms with Gasteiger partial charge >= 0.3 is 6.01 Å². The molecule has 2 bridgehead atoms. The van der Waals surface area contributed by atoms with E-state index in [0.29, 0.717) is 27.9 Å². The van der Waals surface area contributed by atoms with Crippen LogP contribution in [0.2, 0.25) is 0 Å². The molecule has 1 N–H and O–H groups in total. The second-order valence-electron chi connectivity index (χ2n) is 15.6. The minimum Gasteiger partial charge on any atom is -0.508 e. The van der Waals surface area contributed by atoms with Gasteiger partial charge in [0.05, 0.1) is 16.4 Å². The number of likely N-dealkylation sites (tertiary alicyclic amines) is 1. The molecule has 0 radical (unpaired) electrons. The third-order valence-corrected chi connectivity index (χ3v) is 10.8. The Morgan fingerprint density at radius 1 is 1.08 bits per heavy atom. The van der Waals surface area contributed by atoms with Gasteiger partial charge in [0.25, 0.3) is 5.92 Å². The highest BCUT2D eigenvalue weighted by molar-refractivity contribution is 6.18. The molecule has 2 saturated heterocycles. The van der Waals surface area contributed by atoms with Crippen LogP contribution in [0, 0.1) is 35.3 Å². The van der Waals surface area contributed by atoms with Gasteiger partial charge in [0.2, 0.25) is 0 Å². The number of piperazine rings is 1. The number of ether oxygens (including phenoxy) is 1. The number of fused-ring (bicyclic) bond motifs is 6. The Morgan fingerprint density at radius 3 is 2.42 bits per heavy atom. The molecule has 0 amide bonds. The lowest BCUT2D eigenvalue weighted by molar-refractivity contribution is 0.0288. The molecule has 272 valence electrons. The van der Waals surface area contributed by atoms with Gasteiger partial charge in [-0.25, -0.2) is 17.6 Å². The number of phenols is 1. The standard InChI is InChI=1S/C39H41F4N7O2/c1-7-26-29(40)11-8-22-12-25(51)13-27(30(22)26)31-33(41)35-32(28-17-48(6)46-34(28)31)36(50-23-9-10-24(50)16-49(15-23)14-21(2)3)45-37(44-35)52-20-38(19-47(4)5)18-39(38,42)43/h1,8,11-13,17,21,23-24,51H,9-10,14-16,18-20H2,2-6H3/t23-,24+,38-/m1/s1. The maximum Gasteiger partial charge on any atom is 0.319 e. The van der Waals surface area contributed by atoms with Crippen LogP contribution in [-0.2, 0) is 7.05 Å². The third kappa shape index (κ3) is 5.49. The molecule has 3 fully saturated rings. The Kier molecular flexibility index (Phi) is 8.08. The van der Waals surface area contributed by atoms with Crippen molar-refractivity contribution in [1.82, 2.24) is 29.5 Å². The summed E-state index contributed by atoms with van der Waals surface area (Å²) < 4.78 is 70.1. The number of rotatable bonds is 9. The lowest BCUT2D eigenvalue weighted by atomic mass is 9.91. The minimum absolute atomic E-state index is 0.0378. The fourth-order valence-electron chi connectivity index (χ4n) is 8.74. The Hall–Kier alpha value is -4.67. The highest BCUT2D eigenvalue weighted by atomic mass is 19.3. The van der Waals surface area contributed by atoms with Gasteiger partial charge in [-0.2, -0.15) is 15.1 Å². The highest BCUT2D eigenvalue weighted by Gasteiger charge is 2.71. The molecule has 3 atom stereocenters. The fourth-order valence-corrected chi connectivity index (χ4v) is 8.74. The van der Waals surface area contributed by atoms with Crippen molar-refractivity contribution in [3.8, 4) is 35.2 Å². The van der Waals surface area contributed by atoms with Gasteiger partial charge in [0, 0.05) is 74.3 Å². The predicted molar refractivity (Wildman–Crippen MR) is 193 cm³/mol. The van der Waals surface area contributed by atoms with Crippen LogP contribution in [0.1, 0.15) is 38.7 Å². The van der Waals surface area contributed by atoms with Crippen molar-refractivity contribution in [3.63, 3.8) is 0 Å². The van der Waals surface area contributed by atoms with Crippen molar-refractivity contribution in [2.24, 2.45) is 18.4 Å². The zero-order chi connectivity index (χ0) is 36.9. The molecular weight excluding hydrogens is 674 g/mol. The Bertz CT molecular complexity index is 2290. The van der Waals surface area contributed by atoms with E-state index in [2.05, 4.69) is 34.6 Å². The number of terminal acetylenes is 1. The van der Waals surface area contributed by atoms with Crippen molar-refractivity contribution in [2.75, 3.05) is 51.8 Å². The molecule has 2 aliphatic heterocycles. The number of aryl methyl sites for hydroxylation is 1. The summed E-state index contributed by atoms with van der Waals surface area (Å²) in [5, 5.41) is 17.1. The summed E-state index contributed by atoms with van der Waals surface area (Å²) in [5.41, 5.74) is -1.26. The van der Waals surface area contributed by atoms with Gasteiger partial charge < -0.3 is 19.6 Å². The number of phenolic OH excluding ortho intramolecular Hbond substituents is 1. The van der Waals surface area contributed by atoms with E-state index in [0.717, 1.165) is 32.5 Å². The number of halogens is 4. The van der Waals surface area contributed by atoms with Gasteiger partial charge in [0.1, 0.15) is 35.0 Å². The quantitative estimate of drug-likeness (QED) is 0.136. The van der Waals surface area contributed by atoms with Crippen LogP contribution in [0.3, 0.4) is 0 Å². The normalized spacial score (nSPS) is 22.7. The topological polar surface area (TPSA) is 82.8 Å². The zero-order valence-corrected chi connectivity index (χ0v) is 29.9. The molecule has 1 aliphatic carbocycles. The number of aromatic hydroxyl groups is 1. The molecule has 5 aromatic rings. The van der Waals surface area contributed by atoms with Crippen LogP contribution < -0.4 is 9.64 Å². The Morgan fingerprint density at radius 2 is 1.79 bits per heavy atom. The number of nitrogens with zero attached hydrogens (tertiary/aromatic N) is 7. The molecule has 3 aliphatic rings. The fraction of sp³-hybridized carbons (Fsp3) is 0.462. The van der Waals surface area contributed by atoms with Crippen molar-refractivity contribution >= 4 is 38.4 Å². The largest absolute Gasteiger partial charge is 0.508 e. The van der Waals surface area contributed by atoms with Crippen LogP contribution in [0.15, 0.2) is 30.5 Å². The number of hydrogen-bond donors (Lipinski definition) is 1. The summed E-state index contributed by atoms with van der Waals surface area (Å²) in [6.07, 6.45) is 9.03. The molecule has 2 aromatic heterocycles. The van der Waals surface area contributed by atoms with Crippen LogP contribution in [0.4, 0.5) is 23.4 Å². The third-order valence-electron chi connectivity index (χ3n) is 10.8. The first-order chi connectivity index (χ1) is 24.7. The molecule has 13 heteroatoms. The molecule has 0 spiro atoms. The molecule has 1 saturated carbocycles. The Balaban J connectivity index is 1.38. The van der Waals surface area contributed by atoms with E-state index in [9.17, 15) is 13.9 Å². The van der Waals surface area contributed by atoms with E-state index < -0.39 is 23.0 Å². The maximum absolute atomic E-state index is 17.6. The van der Waals surface area contributed by atoms with Crippen LogP contribution in [0.25, 0.3) is 43.7 Å². The van der Waals surface area contributed by atoms with Gasteiger partial charge in [0.15, 0.2) is 5.82 Å². The summed E-state index contributed by atoms with van der Waals surface area (Å²) in [6.45, 7) is 6.66. The molecule has 52 heavy (non-hydrogen) atoms. The van der Waals surface area contributed by atoms with E-state index in [1.54, 1.807) is 36.9 Å². The lowest BCUT2D eigenvalue weighted by Crippen LogP contribution is -2.54. The van der Waals surface area contributed by atoms with E-state index in [1.807, 2.05) is 0 Å². The SMILES string of the molecule is C#Cc1c(F)ccc2cc(O)cc(-c3c(F)c4nc(OC[C@]5(CN(C)C)CC5(F)F)nc(N5[C@@H]6CC[C@H]5CN(CC(C)C)C6)c4c4cn(C)nc34)c12. The highest BCUT2D eigenvalue weighted by Crippen LogP contribution is 2.60. The summed E-state index contributed by atoms with van der Waals surface area (Å²) >= 11 is 0. The van der Waals surface area contributed by atoms with Crippen LogP contribution in [0.5, 0.6) is 11.8 Å². The van der Waals surface area contributed by atoms with Gasteiger partial charge in [-0.15, -0.1) is 6.42 Å². The first-order valence-corrected chi connectivity index (χ1v) is 17.6. The molecule has 0 unspecified atom stereocenters. The minimum atomic E-state index is -2.93. The Labute approximate surface area is 299 Å². The van der Waals surface area contributed by atoms with Gasteiger partial charge in [-0.05, 0) is 62.0 Å². The number of benzene rings is 3. The van der Waals surface area contributed by atoms with Gasteiger partial charge in [-0.3, -0.25) is 9.58 Å². The summed E-state index contributed by atoms with van der Waals surface area (Å²) in [7, 11) is 5.18. The molecule has 4 heterocycles. The number of hydrogen-bond acceptors (Lipinski definition) is 8. The molecule has 9 nitrogen and oxygen atoms in total. The average molecular weight is 716 g/mol. The van der Waals surface area contributed by atoms with Gasteiger partial charge in [-0.1, -0.05) is 25.8 Å². The second-order valence-corrected chi connectivity index (χ2v) is 15.6. The van der Waals surface area contributed by atoms with Crippen LogP contribution in [-0.4, -0.2) is 99.5 Å². The first-order valence-electron chi connectivity index (χ1n) is 17.6. The predicted octanol–water partition coefficient (Wildman–Crippen LogP) is 6.58. The van der Waals surface area contributed by atoms with Crippen molar-refractivity contribution in [1.29, 1.82) is 0 Å². The molecular formula is C39H41F4N7O2. The monoisotopic (exact) mass is 715 g/mol. The van der Waals surface area contributed by atoms with E-state index in [4.69, 9.17) is 21.2 Å². The van der Waals surface area contributed by atoms with Crippen molar-refractivity contribution in [2.45, 2.75) is 51.1 Å². The number of anilines is 1. The van der Waals surface area contributed by atoms with Crippen molar-refractivity contribution in [3.05, 3.63) is 47.7 Å². The molecule has 8 rings (SSSR count). The second kappa shape index (κ2) is 12.2. The molecule has 3 aromatic carbocycles. The smallest absolute Gasteiger partial charge is 0.319 e. The first kappa shape index (κ1) is 34.4. The van der Waals surface area contributed by atoms with Crippen LogP contribution >= 0.6 is 0 Å². The maximum atomic E-state index is 17.6. The van der Waals surface area contributed by atoms with E-state index >= 15 is 8.78 Å². The van der Waals surface area contributed by atoms with Crippen molar-refractivity contribution < 1.29 is 27.4 Å².